The molecule has 3 heteroatoms. The van der Waals surface area contributed by atoms with E-state index in [4.69, 9.17) is 9.53 Å². The Kier molecular flexibility index (Phi) is 4.18. The fourth-order valence-corrected chi connectivity index (χ4v) is 1.72. The van der Waals surface area contributed by atoms with E-state index in [1.165, 1.54) is 32.1 Å². The lowest BCUT2D eigenvalue weighted by Crippen LogP contribution is -2.14. The van der Waals surface area contributed by atoms with Gasteiger partial charge in [-0.15, -0.1) is 0 Å². The van der Waals surface area contributed by atoms with E-state index in [0.717, 1.165) is 0 Å². The minimum atomic E-state index is 0.0770. The Labute approximate surface area is 80.8 Å². The minimum absolute atomic E-state index is 0.0770. The Morgan fingerprint density at radius 2 is 2.00 bits per heavy atom. The predicted octanol–water partition coefficient (Wildman–Crippen LogP) is 2.48. The molecule has 1 aliphatic carbocycles. The van der Waals surface area contributed by atoms with Gasteiger partial charge >= 0.3 is 3.98 Å². The first-order valence-corrected chi connectivity index (χ1v) is 5.21. The van der Waals surface area contributed by atoms with Gasteiger partial charge in [0.15, 0.2) is 6.61 Å². The molecule has 1 saturated carbocycles. The fourth-order valence-electron chi connectivity index (χ4n) is 1.54. The molecule has 0 unspecified atom stereocenters. The van der Waals surface area contributed by atoms with Gasteiger partial charge in [-0.05, 0) is 12.8 Å². The smallest absolute Gasteiger partial charge is 0.331 e. The summed E-state index contributed by atoms with van der Waals surface area (Å²) in [7, 11) is 0. The van der Waals surface area contributed by atoms with Gasteiger partial charge in [-0.25, -0.2) is 0 Å². The summed E-state index contributed by atoms with van der Waals surface area (Å²) in [5.74, 6) is 0.681. The molecule has 0 amide bonds. The van der Waals surface area contributed by atoms with Gasteiger partial charge in [0.05, 0.1) is 0 Å². The molecule has 1 fully saturated rings. The monoisotopic (exact) mass is 269 g/mol. The van der Waals surface area contributed by atoms with Crippen molar-refractivity contribution < 1.29 is 9.53 Å². The Bertz CT molecular complexity index is 130. The summed E-state index contributed by atoms with van der Waals surface area (Å²) in [5.41, 5.74) is 0. The van der Waals surface area contributed by atoms with Gasteiger partial charge in [0.1, 0.15) is 22.6 Å². The molecule has 0 atom stereocenters. The van der Waals surface area contributed by atoms with Gasteiger partial charge < -0.3 is 9.53 Å². The molecular formula is C8H14IO2+. The molecule has 0 spiro atoms. The molecular weight excluding hydrogens is 255 g/mol. The Morgan fingerprint density at radius 1 is 1.36 bits per heavy atom. The number of hydrogen-bond donors (Lipinski definition) is 0. The van der Waals surface area contributed by atoms with E-state index in [1.807, 2.05) is 0 Å². The lowest BCUT2D eigenvalue weighted by molar-refractivity contribution is 0.194. The number of ether oxygens (including phenoxy) is 1. The summed E-state index contributed by atoms with van der Waals surface area (Å²) in [5, 5.41) is 0. The van der Waals surface area contributed by atoms with E-state index < -0.39 is 0 Å². The zero-order valence-electron chi connectivity index (χ0n) is 6.55. The third-order valence-electron chi connectivity index (χ3n) is 2.16. The highest BCUT2D eigenvalue weighted by Gasteiger charge is 2.18. The molecule has 0 aromatic heterocycles. The van der Waals surface area contributed by atoms with Gasteiger partial charge in [-0.1, -0.05) is 19.3 Å². The summed E-state index contributed by atoms with van der Waals surface area (Å²) >= 11 is 1.79. The molecule has 0 bridgehead atoms. The lowest BCUT2D eigenvalue weighted by Gasteiger charge is -2.17. The van der Waals surface area contributed by atoms with Gasteiger partial charge in [0, 0.05) is 5.92 Å². The van der Waals surface area contributed by atoms with Crippen molar-refractivity contribution in [3.8, 4) is 0 Å². The van der Waals surface area contributed by atoms with Gasteiger partial charge in [0.2, 0.25) is 0 Å². The van der Waals surface area contributed by atoms with Crippen molar-refractivity contribution in [2.45, 2.75) is 32.1 Å². The van der Waals surface area contributed by atoms with Crippen LogP contribution in [0, 0.1) is 5.92 Å². The van der Waals surface area contributed by atoms with Crippen molar-refractivity contribution >= 4 is 26.6 Å². The average Bonchev–Trinajstić information content (AvgIpc) is 2.03. The Hall–Kier alpha value is 0.200. The first-order valence-electron chi connectivity index (χ1n) is 4.13. The highest BCUT2D eigenvalue weighted by Crippen LogP contribution is 2.23. The maximum Gasteiger partial charge on any atom is 0.544 e. The van der Waals surface area contributed by atoms with Crippen LogP contribution in [-0.2, 0) is 4.74 Å². The number of hydrogen-bond acceptors (Lipinski definition) is 1. The Balaban J connectivity index is 2.09. The highest BCUT2D eigenvalue weighted by atomic mass is 127. The first kappa shape index (κ1) is 9.29. The quantitative estimate of drug-likeness (QED) is 0.430. The van der Waals surface area contributed by atoms with Crippen LogP contribution in [0.15, 0.2) is 0 Å². The van der Waals surface area contributed by atoms with Crippen molar-refractivity contribution in [1.29, 1.82) is 0 Å². The molecule has 0 heterocycles. The van der Waals surface area contributed by atoms with E-state index in [1.54, 1.807) is 22.6 Å². The molecule has 1 aliphatic rings. The van der Waals surface area contributed by atoms with Gasteiger partial charge in [-0.2, -0.15) is 0 Å². The van der Waals surface area contributed by atoms with Crippen LogP contribution in [0.1, 0.15) is 32.1 Å². The summed E-state index contributed by atoms with van der Waals surface area (Å²) in [4.78, 5) is 8.76. The second kappa shape index (κ2) is 4.95. The standard InChI is InChI=1S/C8H13IO2/c9-8(10)11-6-7-4-2-1-3-5-7/h7H,1-6H2/p+1. The molecule has 0 aliphatic heterocycles. The van der Waals surface area contributed by atoms with Crippen LogP contribution >= 0.6 is 22.6 Å². The van der Waals surface area contributed by atoms with E-state index >= 15 is 0 Å². The minimum Gasteiger partial charge on any atom is -0.331 e. The average molecular weight is 269 g/mol. The van der Waals surface area contributed by atoms with Crippen LogP contribution in [0.3, 0.4) is 0 Å². The van der Waals surface area contributed by atoms with Gasteiger partial charge in [-0.3, -0.25) is 0 Å². The van der Waals surface area contributed by atoms with E-state index in [2.05, 4.69) is 0 Å². The zero-order chi connectivity index (χ0) is 8.10. The summed E-state index contributed by atoms with van der Waals surface area (Å²) in [6.45, 7) is 0.703. The molecule has 0 saturated heterocycles. The molecule has 0 radical (unpaired) electrons. The first-order chi connectivity index (χ1) is 5.29. The largest absolute Gasteiger partial charge is 0.544 e. The molecule has 1 rings (SSSR count). The Morgan fingerprint density at radius 3 is 2.55 bits per heavy atom. The molecule has 1 N–H and O–H groups in total. The lowest BCUT2D eigenvalue weighted by atomic mass is 9.90. The summed E-state index contributed by atoms with van der Waals surface area (Å²) < 4.78 is 5.12. The molecule has 64 valence electrons. The van der Waals surface area contributed by atoms with Crippen LogP contribution in [0.5, 0.6) is 0 Å². The highest BCUT2D eigenvalue weighted by molar-refractivity contribution is 14.1. The van der Waals surface area contributed by atoms with E-state index in [0.29, 0.717) is 12.5 Å². The van der Waals surface area contributed by atoms with Crippen LogP contribution in [-0.4, -0.2) is 15.4 Å². The summed E-state index contributed by atoms with van der Waals surface area (Å²) in [6.07, 6.45) is 6.57. The number of rotatable bonds is 2. The maximum atomic E-state index is 8.76. The van der Waals surface area contributed by atoms with Crippen molar-refractivity contribution in [3.05, 3.63) is 0 Å². The second-order valence-electron chi connectivity index (χ2n) is 3.07. The molecule has 0 aromatic carbocycles. The SMILES string of the molecule is [OH+]=C(I)OCC1CCCCC1. The third-order valence-corrected chi connectivity index (χ3v) is 2.47. The fraction of sp³-hybridized carbons (Fsp3) is 0.875. The molecule has 2 nitrogen and oxygen atoms in total. The van der Waals surface area contributed by atoms with Crippen LogP contribution in [0.2, 0.25) is 0 Å². The predicted molar refractivity (Wildman–Crippen MR) is 53.5 cm³/mol. The van der Waals surface area contributed by atoms with Crippen molar-refractivity contribution in [2.75, 3.05) is 6.61 Å². The van der Waals surface area contributed by atoms with Crippen molar-refractivity contribution in [1.82, 2.24) is 0 Å². The van der Waals surface area contributed by atoms with Crippen LogP contribution in [0.25, 0.3) is 0 Å². The van der Waals surface area contributed by atoms with Crippen molar-refractivity contribution in [3.63, 3.8) is 0 Å². The number of carbonyl (C=O) groups excluding carboxylic acids is 1. The topological polar surface area (TPSA) is 30.6 Å². The molecule has 11 heavy (non-hydrogen) atoms. The van der Waals surface area contributed by atoms with E-state index in [-0.39, 0.29) is 3.98 Å². The van der Waals surface area contributed by atoms with E-state index in [9.17, 15) is 0 Å². The molecule has 0 aromatic rings. The summed E-state index contributed by atoms with van der Waals surface area (Å²) in [6, 6.07) is 0. The van der Waals surface area contributed by atoms with Gasteiger partial charge in [0.25, 0.3) is 0 Å². The normalized spacial score (nSPS) is 19.7. The zero-order valence-corrected chi connectivity index (χ0v) is 8.71. The number of halogens is 1. The second-order valence-corrected chi connectivity index (χ2v) is 3.99. The van der Waals surface area contributed by atoms with Crippen LogP contribution < -0.4 is 0 Å². The van der Waals surface area contributed by atoms with Crippen LogP contribution in [0.4, 0.5) is 0 Å². The van der Waals surface area contributed by atoms with Crippen molar-refractivity contribution in [2.24, 2.45) is 5.92 Å². The maximum absolute atomic E-state index is 8.76. The third kappa shape index (κ3) is 3.94.